The quantitative estimate of drug-likeness (QED) is 0.412. The summed E-state index contributed by atoms with van der Waals surface area (Å²) < 4.78 is 0. The predicted octanol–water partition coefficient (Wildman–Crippen LogP) is -0.0517. The second-order valence-corrected chi connectivity index (χ2v) is 3.85. The van der Waals surface area contributed by atoms with E-state index in [0.29, 0.717) is 0 Å². The second kappa shape index (κ2) is 6.66. The molecule has 2 fully saturated rings. The van der Waals surface area contributed by atoms with Gasteiger partial charge in [0.2, 0.25) is 0 Å². The van der Waals surface area contributed by atoms with Crippen LogP contribution in [0.1, 0.15) is 51.4 Å². The van der Waals surface area contributed by atoms with E-state index in [1.165, 1.54) is 51.4 Å². The normalized spacial score (nSPS) is 25.0. The number of hydrogen-bond donors (Lipinski definition) is 0. The van der Waals surface area contributed by atoms with E-state index in [0.717, 1.165) is 5.92 Å². The Morgan fingerprint density at radius 1 is 0.833 bits per heavy atom. The van der Waals surface area contributed by atoms with Crippen LogP contribution in [0.4, 0.5) is 0 Å². The Labute approximate surface area is 103 Å². The fraction of sp³-hybridized carbons (Fsp3) is 0.900. The first kappa shape index (κ1) is 13.2. The van der Waals surface area contributed by atoms with Gasteiger partial charge in [0.25, 0.3) is 0 Å². The molecule has 0 spiro atoms. The topological polar surface area (TPSA) is 0 Å². The molecule has 0 heterocycles. The molecule has 0 unspecified atom stereocenters. The maximum Gasteiger partial charge on any atom is 2.00 e. The molecule has 0 aromatic heterocycles. The van der Waals surface area contributed by atoms with Crippen molar-refractivity contribution in [3.8, 4) is 0 Å². The van der Waals surface area contributed by atoms with Gasteiger partial charge in [-0.1, -0.05) is 38.5 Å². The molecule has 2 rings (SSSR count). The van der Waals surface area contributed by atoms with Gasteiger partial charge in [0.1, 0.15) is 0 Å². The van der Waals surface area contributed by atoms with Gasteiger partial charge in [0, 0.05) is 0 Å². The van der Waals surface area contributed by atoms with Crippen LogP contribution < -0.4 is 17.0 Å². The first-order valence-corrected chi connectivity index (χ1v) is 4.81. The molecule has 0 aliphatic heterocycles. The van der Waals surface area contributed by atoms with Crippen molar-refractivity contribution < 1.29 is 17.0 Å². The van der Waals surface area contributed by atoms with E-state index in [4.69, 9.17) is 0 Å². The van der Waals surface area contributed by atoms with Crippen molar-refractivity contribution in [2.24, 2.45) is 5.92 Å². The minimum atomic E-state index is 0. The minimum Gasteiger partial charge on any atom is -1.00 e. The molecular formula is C10H17BrMg. The summed E-state index contributed by atoms with van der Waals surface area (Å²) in [6, 6.07) is 0. The van der Waals surface area contributed by atoms with Crippen molar-refractivity contribution in [3.05, 3.63) is 5.92 Å². The molecule has 2 saturated carbocycles. The molecule has 66 valence electrons. The Hall–Kier alpha value is 1.25. The van der Waals surface area contributed by atoms with Crippen molar-refractivity contribution in [2.75, 3.05) is 0 Å². The molecule has 0 saturated heterocycles. The van der Waals surface area contributed by atoms with Crippen molar-refractivity contribution in [1.29, 1.82) is 0 Å². The molecule has 0 amide bonds. The Morgan fingerprint density at radius 2 is 1.33 bits per heavy atom. The third-order valence-corrected chi connectivity index (χ3v) is 3.18. The van der Waals surface area contributed by atoms with Gasteiger partial charge in [-0.05, 0) is 0 Å². The second-order valence-electron chi connectivity index (χ2n) is 3.85. The smallest absolute Gasteiger partial charge is 1.00 e. The monoisotopic (exact) mass is 240 g/mol. The minimum absolute atomic E-state index is 0. The van der Waals surface area contributed by atoms with Gasteiger partial charge < -0.3 is 22.9 Å². The number of hydrogen-bond acceptors (Lipinski definition) is 0. The van der Waals surface area contributed by atoms with Crippen LogP contribution in [0.3, 0.4) is 0 Å². The van der Waals surface area contributed by atoms with Crippen LogP contribution in [0.2, 0.25) is 0 Å². The molecule has 2 aliphatic carbocycles. The SMILES string of the molecule is C1CCC2CCCC[C-]2C1.[Br-].[Mg+2]. The largest absolute Gasteiger partial charge is 2.00 e. The molecule has 0 N–H and O–H groups in total. The predicted molar refractivity (Wildman–Crippen MR) is 49.4 cm³/mol. The van der Waals surface area contributed by atoms with Crippen molar-refractivity contribution in [1.82, 2.24) is 0 Å². The molecule has 2 heteroatoms. The van der Waals surface area contributed by atoms with Crippen molar-refractivity contribution >= 4 is 23.1 Å². The standard InChI is InChI=1S/C10H17.BrH.Mg/c1-2-6-10-8-4-3-7-9(10)5-1;;/h9H,1-8H2;1H;/q-1;;+2/p-1. The van der Waals surface area contributed by atoms with Gasteiger partial charge in [-0.2, -0.15) is 18.8 Å². The Kier molecular flexibility index (Phi) is 7.36. The molecular weight excluding hydrogens is 224 g/mol. The Morgan fingerprint density at radius 3 is 1.75 bits per heavy atom. The zero-order valence-electron chi connectivity index (χ0n) is 7.82. The third-order valence-electron chi connectivity index (χ3n) is 3.18. The van der Waals surface area contributed by atoms with Gasteiger partial charge >= 0.3 is 23.1 Å². The van der Waals surface area contributed by atoms with Crippen LogP contribution in [0.15, 0.2) is 0 Å². The van der Waals surface area contributed by atoms with Crippen LogP contribution in [-0.4, -0.2) is 23.1 Å². The van der Waals surface area contributed by atoms with Gasteiger partial charge in [-0.3, -0.25) is 0 Å². The fourth-order valence-corrected chi connectivity index (χ4v) is 2.57. The average Bonchev–Trinajstić information content (AvgIpc) is 2.05. The molecule has 0 aromatic rings. The maximum atomic E-state index is 1.93. The van der Waals surface area contributed by atoms with E-state index in [9.17, 15) is 0 Å². The first-order chi connectivity index (χ1) is 4.97. The van der Waals surface area contributed by atoms with Gasteiger partial charge in [0.05, 0.1) is 0 Å². The fourth-order valence-electron chi connectivity index (χ4n) is 2.57. The molecule has 0 bridgehead atoms. The zero-order chi connectivity index (χ0) is 6.81. The average molecular weight is 241 g/mol. The van der Waals surface area contributed by atoms with E-state index in [1.807, 2.05) is 5.92 Å². The summed E-state index contributed by atoms with van der Waals surface area (Å²) in [4.78, 5) is 0. The summed E-state index contributed by atoms with van der Waals surface area (Å²) in [5.74, 6) is 3.00. The molecule has 0 atom stereocenters. The van der Waals surface area contributed by atoms with Crippen molar-refractivity contribution in [2.45, 2.75) is 51.4 Å². The number of fused-ring (bicyclic) bond motifs is 1. The molecule has 12 heavy (non-hydrogen) atoms. The van der Waals surface area contributed by atoms with Crippen LogP contribution >= 0.6 is 0 Å². The molecule has 2 aliphatic rings. The van der Waals surface area contributed by atoms with Crippen molar-refractivity contribution in [3.63, 3.8) is 0 Å². The first-order valence-electron chi connectivity index (χ1n) is 4.81. The number of halogens is 1. The van der Waals surface area contributed by atoms with Crippen LogP contribution in [-0.2, 0) is 0 Å². The summed E-state index contributed by atoms with van der Waals surface area (Å²) in [7, 11) is 0. The molecule has 0 radical (unpaired) electrons. The van der Waals surface area contributed by atoms with E-state index >= 15 is 0 Å². The van der Waals surface area contributed by atoms with Crippen LogP contribution in [0.25, 0.3) is 0 Å². The molecule has 0 aromatic carbocycles. The van der Waals surface area contributed by atoms with E-state index in [-0.39, 0.29) is 40.0 Å². The van der Waals surface area contributed by atoms with Crippen LogP contribution in [0.5, 0.6) is 0 Å². The zero-order valence-corrected chi connectivity index (χ0v) is 10.8. The summed E-state index contributed by atoms with van der Waals surface area (Å²) >= 11 is 0. The van der Waals surface area contributed by atoms with E-state index < -0.39 is 0 Å². The van der Waals surface area contributed by atoms with Crippen LogP contribution in [0, 0.1) is 11.8 Å². The van der Waals surface area contributed by atoms with Gasteiger partial charge in [-0.15, -0.1) is 0 Å². The van der Waals surface area contributed by atoms with Gasteiger partial charge in [-0.25, -0.2) is 0 Å². The summed E-state index contributed by atoms with van der Waals surface area (Å²) in [5.41, 5.74) is 0. The Bertz CT molecular complexity index is 90.4. The maximum absolute atomic E-state index is 1.93. The van der Waals surface area contributed by atoms with E-state index in [2.05, 4.69) is 0 Å². The summed E-state index contributed by atoms with van der Waals surface area (Å²) in [6.45, 7) is 0. The van der Waals surface area contributed by atoms with Gasteiger partial charge in [0.15, 0.2) is 0 Å². The third kappa shape index (κ3) is 3.19. The molecule has 0 nitrogen and oxygen atoms in total. The summed E-state index contributed by atoms with van der Waals surface area (Å²) in [6.07, 6.45) is 12.0. The summed E-state index contributed by atoms with van der Waals surface area (Å²) in [5, 5.41) is 0. The number of rotatable bonds is 0. The van der Waals surface area contributed by atoms with E-state index in [1.54, 1.807) is 0 Å². The Balaban J connectivity index is 0.000000605.